The maximum atomic E-state index is 10.3. The molecule has 0 saturated heterocycles. The van der Waals surface area contributed by atoms with Crippen LogP contribution in [-0.2, 0) is 14.3 Å². The van der Waals surface area contributed by atoms with E-state index in [2.05, 4.69) is 6.08 Å². The van der Waals surface area contributed by atoms with Crippen molar-refractivity contribution in [1.82, 2.24) is 0 Å². The van der Waals surface area contributed by atoms with Gasteiger partial charge in [-0.05, 0) is 33.1 Å². The van der Waals surface area contributed by atoms with Crippen LogP contribution in [0.2, 0.25) is 0 Å². The fourth-order valence-corrected chi connectivity index (χ4v) is 1.42. The molecule has 100 valence electrons. The molecule has 17 heavy (non-hydrogen) atoms. The van der Waals surface area contributed by atoms with Crippen molar-refractivity contribution in [1.29, 1.82) is 0 Å². The van der Waals surface area contributed by atoms with Gasteiger partial charge in [0.25, 0.3) is 0 Å². The third kappa shape index (κ3) is 11.4. The van der Waals surface area contributed by atoms with Gasteiger partial charge in [-0.2, -0.15) is 0 Å². The highest BCUT2D eigenvalue weighted by Gasteiger charge is 2.03. The van der Waals surface area contributed by atoms with Crippen molar-refractivity contribution in [3.05, 3.63) is 12.2 Å². The lowest BCUT2D eigenvalue weighted by atomic mass is 10.2. The first-order valence-electron chi connectivity index (χ1n) is 6.30. The number of carboxylic acids is 1. The largest absolute Gasteiger partial charge is 0.481 e. The molecule has 0 aliphatic carbocycles. The topological polar surface area (TPSA) is 55.8 Å². The van der Waals surface area contributed by atoms with Gasteiger partial charge < -0.3 is 14.6 Å². The van der Waals surface area contributed by atoms with Gasteiger partial charge in [-0.15, -0.1) is 0 Å². The lowest BCUT2D eigenvalue weighted by Crippen LogP contribution is -2.16. The molecule has 0 fully saturated rings. The van der Waals surface area contributed by atoms with Crippen LogP contribution in [0.4, 0.5) is 0 Å². The van der Waals surface area contributed by atoms with Gasteiger partial charge in [-0.1, -0.05) is 12.2 Å². The monoisotopic (exact) mass is 244 g/mol. The molecule has 0 heterocycles. The van der Waals surface area contributed by atoms with Crippen LogP contribution in [0.25, 0.3) is 0 Å². The maximum Gasteiger partial charge on any atom is 0.303 e. The minimum atomic E-state index is -0.721. The summed E-state index contributed by atoms with van der Waals surface area (Å²) in [6.07, 6.45) is 7.52. The first-order chi connectivity index (χ1) is 8.20. The number of hydrogen-bond donors (Lipinski definition) is 1. The summed E-state index contributed by atoms with van der Waals surface area (Å²) >= 11 is 0. The summed E-state index contributed by atoms with van der Waals surface area (Å²) in [5, 5.41) is 8.46. The number of aliphatic carboxylic acids is 1. The van der Waals surface area contributed by atoms with Gasteiger partial charge in [-0.3, -0.25) is 4.79 Å². The number of rotatable bonds is 11. The Morgan fingerprint density at radius 3 is 2.35 bits per heavy atom. The molecule has 0 saturated carbocycles. The summed E-state index contributed by atoms with van der Waals surface area (Å²) in [4.78, 5) is 10.3. The Balaban J connectivity index is 3.52. The van der Waals surface area contributed by atoms with Crippen molar-refractivity contribution < 1.29 is 19.4 Å². The predicted octanol–water partition coefficient (Wildman–Crippen LogP) is 2.98. The van der Waals surface area contributed by atoms with Gasteiger partial charge in [-0.25, -0.2) is 0 Å². The van der Waals surface area contributed by atoms with E-state index in [1.807, 2.05) is 19.9 Å². The van der Waals surface area contributed by atoms with Gasteiger partial charge in [0.2, 0.25) is 0 Å². The van der Waals surface area contributed by atoms with Crippen molar-refractivity contribution in [2.24, 2.45) is 0 Å². The second kappa shape index (κ2) is 11.6. The number of carbonyl (C=O) groups is 1. The highest BCUT2D eigenvalue weighted by atomic mass is 16.7. The van der Waals surface area contributed by atoms with Crippen molar-refractivity contribution in [3.63, 3.8) is 0 Å². The molecular weight excluding hydrogens is 220 g/mol. The van der Waals surface area contributed by atoms with E-state index < -0.39 is 5.97 Å². The van der Waals surface area contributed by atoms with Crippen molar-refractivity contribution in [2.45, 2.75) is 52.2 Å². The molecule has 0 aromatic carbocycles. The van der Waals surface area contributed by atoms with E-state index in [9.17, 15) is 4.79 Å². The SMILES string of the molecule is CCOC(CC=CCCCCC(=O)O)OCC. The highest BCUT2D eigenvalue weighted by Crippen LogP contribution is 2.05. The molecular formula is C13H24O4. The predicted molar refractivity (Wildman–Crippen MR) is 66.9 cm³/mol. The number of allylic oxidation sites excluding steroid dienone is 1. The number of unbranched alkanes of at least 4 members (excludes halogenated alkanes) is 2. The van der Waals surface area contributed by atoms with Crippen LogP contribution in [-0.4, -0.2) is 30.6 Å². The lowest BCUT2D eigenvalue weighted by molar-refractivity contribution is -0.137. The zero-order valence-electron chi connectivity index (χ0n) is 10.9. The Morgan fingerprint density at radius 2 is 1.82 bits per heavy atom. The quantitative estimate of drug-likeness (QED) is 0.345. The van der Waals surface area contributed by atoms with E-state index in [-0.39, 0.29) is 12.7 Å². The molecule has 0 unspecified atom stereocenters. The Labute approximate surface area is 104 Å². The molecule has 0 aromatic heterocycles. The van der Waals surface area contributed by atoms with Gasteiger partial charge in [0, 0.05) is 26.1 Å². The normalized spacial score (nSPS) is 11.5. The minimum Gasteiger partial charge on any atom is -0.481 e. The number of ether oxygens (including phenoxy) is 2. The van der Waals surface area contributed by atoms with Crippen molar-refractivity contribution >= 4 is 5.97 Å². The molecule has 4 heteroatoms. The van der Waals surface area contributed by atoms with E-state index in [1.165, 1.54) is 0 Å². The third-order valence-electron chi connectivity index (χ3n) is 2.21. The third-order valence-corrected chi connectivity index (χ3v) is 2.21. The average molecular weight is 244 g/mol. The molecule has 0 bridgehead atoms. The lowest BCUT2D eigenvalue weighted by Gasteiger charge is -2.14. The zero-order chi connectivity index (χ0) is 12.9. The Bertz CT molecular complexity index is 207. The molecule has 0 atom stereocenters. The van der Waals surface area contributed by atoms with Crippen molar-refractivity contribution in [3.8, 4) is 0 Å². The molecule has 0 aromatic rings. The second-order valence-corrected chi connectivity index (χ2v) is 3.69. The summed E-state index contributed by atoms with van der Waals surface area (Å²) in [5.41, 5.74) is 0. The van der Waals surface area contributed by atoms with E-state index in [1.54, 1.807) is 0 Å². The van der Waals surface area contributed by atoms with Crippen LogP contribution < -0.4 is 0 Å². The Kier molecular flexibility index (Phi) is 11.0. The maximum absolute atomic E-state index is 10.3. The number of hydrogen-bond acceptors (Lipinski definition) is 3. The highest BCUT2D eigenvalue weighted by molar-refractivity contribution is 5.66. The van der Waals surface area contributed by atoms with Crippen LogP contribution in [0.5, 0.6) is 0 Å². The van der Waals surface area contributed by atoms with E-state index in [4.69, 9.17) is 14.6 Å². The van der Waals surface area contributed by atoms with Gasteiger partial charge in [0.1, 0.15) is 0 Å². The smallest absolute Gasteiger partial charge is 0.303 e. The molecule has 0 amide bonds. The van der Waals surface area contributed by atoms with Crippen LogP contribution >= 0.6 is 0 Å². The zero-order valence-corrected chi connectivity index (χ0v) is 10.9. The summed E-state index contributed by atoms with van der Waals surface area (Å²) in [6, 6.07) is 0. The molecule has 0 radical (unpaired) electrons. The fourth-order valence-electron chi connectivity index (χ4n) is 1.42. The Hall–Kier alpha value is -0.870. The minimum absolute atomic E-state index is 0.153. The molecule has 0 spiro atoms. The van der Waals surface area contributed by atoms with E-state index in [0.717, 1.165) is 25.7 Å². The second-order valence-electron chi connectivity index (χ2n) is 3.69. The fraction of sp³-hybridized carbons (Fsp3) is 0.769. The molecule has 0 aliphatic heterocycles. The van der Waals surface area contributed by atoms with E-state index in [0.29, 0.717) is 13.2 Å². The standard InChI is InChI=1S/C13H24O4/c1-3-16-13(17-4-2)11-9-7-5-6-8-10-12(14)15/h7,9,13H,3-6,8,10-11H2,1-2H3,(H,14,15). The summed E-state index contributed by atoms with van der Waals surface area (Å²) in [6.45, 7) is 5.19. The Morgan fingerprint density at radius 1 is 1.18 bits per heavy atom. The first kappa shape index (κ1) is 16.1. The van der Waals surface area contributed by atoms with Crippen LogP contribution in [0.1, 0.15) is 46.0 Å². The van der Waals surface area contributed by atoms with Crippen LogP contribution in [0, 0.1) is 0 Å². The molecule has 0 aliphatic rings. The summed E-state index contributed by atoms with van der Waals surface area (Å²) in [5.74, 6) is -0.721. The van der Waals surface area contributed by atoms with Gasteiger partial charge in [0.15, 0.2) is 6.29 Å². The molecule has 0 rings (SSSR count). The summed E-state index contributed by atoms with van der Waals surface area (Å²) < 4.78 is 10.8. The average Bonchev–Trinajstić information content (AvgIpc) is 2.28. The molecule has 1 N–H and O–H groups in total. The van der Waals surface area contributed by atoms with Crippen molar-refractivity contribution in [2.75, 3.05) is 13.2 Å². The first-order valence-corrected chi connectivity index (χ1v) is 6.30. The van der Waals surface area contributed by atoms with E-state index >= 15 is 0 Å². The number of carboxylic acid groups (broad SMARTS) is 1. The van der Waals surface area contributed by atoms with Gasteiger partial charge >= 0.3 is 5.97 Å². The van der Waals surface area contributed by atoms with Gasteiger partial charge in [0.05, 0.1) is 0 Å². The van der Waals surface area contributed by atoms with Crippen LogP contribution in [0.15, 0.2) is 12.2 Å². The molecule has 4 nitrogen and oxygen atoms in total. The summed E-state index contributed by atoms with van der Waals surface area (Å²) in [7, 11) is 0. The van der Waals surface area contributed by atoms with Crippen LogP contribution in [0.3, 0.4) is 0 Å².